The summed E-state index contributed by atoms with van der Waals surface area (Å²) < 4.78 is 0. The van der Waals surface area contributed by atoms with Crippen molar-refractivity contribution in [2.24, 2.45) is 0 Å². The van der Waals surface area contributed by atoms with Gasteiger partial charge < -0.3 is 5.32 Å². The highest BCUT2D eigenvalue weighted by Crippen LogP contribution is 2.32. The fraction of sp³-hybridized carbons (Fsp3) is 0.235. The molecule has 0 atom stereocenters. The van der Waals surface area contributed by atoms with Crippen LogP contribution in [0.1, 0.15) is 30.5 Å². The van der Waals surface area contributed by atoms with Crippen LogP contribution in [0.25, 0.3) is 11.1 Å². The van der Waals surface area contributed by atoms with Crippen molar-refractivity contribution in [3.63, 3.8) is 0 Å². The molecule has 1 rings (SSSR count). The summed E-state index contributed by atoms with van der Waals surface area (Å²) >= 11 is 0. The quantitative estimate of drug-likeness (QED) is 0.776. The zero-order valence-corrected chi connectivity index (χ0v) is 12.2. The minimum Gasteiger partial charge on any atom is -0.373 e. The van der Waals surface area contributed by atoms with Crippen LogP contribution in [0, 0.1) is 6.92 Å². The Kier molecular flexibility index (Phi) is 5.31. The van der Waals surface area contributed by atoms with Crippen LogP contribution in [0.15, 0.2) is 43.7 Å². The Morgan fingerprint density at radius 1 is 1.37 bits per heavy atom. The number of anilines is 1. The van der Waals surface area contributed by atoms with Gasteiger partial charge in [-0.3, -0.25) is 0 Å². The van der Waals surface area contributed by atoms with Crippen molar-refractivity contribution in [3.05, 3.63) is 60.3 Å². The van der Waals surface area contributed by atoms with E-state index in [4.69, 9.17) is 0 Å². The number of hydrogen-bond acceptors (Lipinski definition) is 2. The van der Waals surface area contributed by atoms with Gasteiger partial charge >= 0.3 is 0 Å². The Morgan fingerprint density at radius 2 is 2.05 bits per heavy atom. The van der Waals surface area contributed by atoms with Gasteiger partial charge in [-0.1, -0.05) is 37.5 Å². The van der Waals surface area contributed by atoms with Crippen molar-refractivity contribution in [2.75, 3.05) is 12.4 Å². The number of rotatable bonds is 5. The Morgan fingerprint density at radius 3 is 2.53 bits per heavy atom. The number of aromatic nitrogens is 1. The molecule has 1 heterocycles. The minimum absolute atomic E-state index is 0.848. The third-order valence-electron chi connectivity index (χ3n) is 2.91. The maximum Gasteiger partial charge on any atom is 0.133 e. The van der Waals surface area contributed by atoms with Crippen LogP contribution in [0.4, 0.5) is 5.82 Å². The zero-order chi connectivity index (χ0) is 14.4. The summed E-state index contributed by atoms with van der Waals surface area (Å²) in [5.41, 5.74) is 5.38. The number of allylic oxidation sites excluding steroid dienone is 6. The second-order valence-electron chi connectivity index (χ2n) is 4.42. The summed E-state index contributed by atoms with van der Waals surface area (Å²) in [6.07, 6.45) is 9.81. The predicted molar refractivity (Wildman–Crippen MR) is 86.2 cm³/mol. The van der Waals surface area contributed by atoms with Crippen LogP contribution in [0.2, 0.25) is 0 Å². The van der Waals surface area contributed by atoms with E-state index in [2.05, 4.69) is 36.5 Å². The first-order valence-corrected chi connectivity index (χ1v) is 6.35. The molecular formula is C17H22N2. The third-order valence-corrected chi connectivity index (χ3v) is 2.91. The fourth-order valence-electron chi connectivity index (χ4n) is 2.04. The highest BCUT2D eigenvalue weighted by Gasteiger charge is 2.14. The molecule has 0 aliphatic carbocycles. The summed E-state index contributed by atoms with van der Waals surface area (Å²) in [7, 11) is 1.87. The van der Waals surface area contributed by atoms with E-state index in [0.29, 0.717) is 0 Å². The van der Waals surface area contributed by atoms with Crippen LogP contribution in [-0.2, 0) is 0 Å². The fourth-order valence-corrected chi connectivity index (χ4v) is 2.04. The molecule has 100 valence electrons. The lowest BCUT2D eigenvalue weighted by Gasteiger charge is -2.17. The summed E-state index contributed by atoms with van der Waals surface area (Å²) in [4.78, 5) is 4.42. The number of nitrogens with zero attached hydrogens (tertiary/aromatic N) is 1. The van der Waals surface area contributed by atoms with E-state index in [0.717, 1.165) is 33.7 Å². The first-order chi connectivity index (χ1) is 9.06. The summed E-state index contributed by atoms with van der Waals surface area (Å²) in [5.74, 6) is 0.848. The van der Waals surface area contributed by atoms with Gasteiger partial charge in [-0.15, -0.1) is 0 Å². The van der Waals surface area contributed by atoms with Gasteiger partial charge in [0.1, 0.15) is 5.82 Å². The lowest BCUT2D eigenvalue weighted by atomic mass is 9.92. The van der Waals surface area contributed by atoms with Gasteiger partial charge in [0.15, 0.2) is 0 Å². The molecule has 0 aliphatic heterocycles. The average molecular weight is 254 g/mol. The van der Waals surface area contributed by atoms with Gasteiger partial charge in [0.05, 0.1) is 0 Å². The van der Waals surface area contributed by atoms with Gasteiger partial charge in [-0.05, 0) is 43.0 Å². The normalized spacial score (nSPS) is 11.7. The van der Waals surface area contributed by atoms with Crippen LogP contribution < -0.4 is 5.32 Å². The molecule has 0 saturated carbocycles. The van der Waals surface area contributed by atoms with E-state index in [1.807, 2.05) is 45.3 Å². The second kappa shape index (κ2) is 6.74. The summed E-state index contributed by atoms with van der Waals surface area (Å²) in [6.45, 7) is 14.0. The standard InChI is InChI=1S/C17H22N2/c1-7-9-10-14(8-2)16-13(5)11-19-17(18-6)15(16)12(3)4/h7-11H,2-3H2,1,4-6H3,(H,18,19)/b9-7-,14-10+. The average Bonchev–Trinajstić information content (AvgIpc) is 2.40. The molecular weight excluding hydrogens is 232 g/mol. The monoisotopic (exact) mass is 254 g/mol. The number of nitrogens with one attached hydrogen (secondary N) is 1. The maximum absolute atomic E-state index is 4.42. The van der Waals surface area contributed by atoms with Crippen molar-refractivity contribution in [2.45, 2.75) is 20.8 Å². The molecule has 0 fully saturated rings. The molecule has 0 aromatic carbocycles. The van der Waals surface area contributed by atoms with Gasteiger partial charge in [0, 0.05) is 18.8 Å². The minimum atomic E-state index is 0.848. The highest BCUT2D eigenvalue weighted by molar-refractivity contribution is 5.88. The van der Waals surface area contributed by atoms with Crippen molar-refractivity contribution < 1.29 is 0 Å². The van der Waals surface area contributed by atoms with Crippen LogP contribution >= 0.6 is 0 Å². The lowest BCUT2D eigenvalue weighted by molar-refractivity contribution is 1.21. The topological polar surface area (TPSA) is 24.9 Å². The van der Waals surface area contributed by atoms with E-state index in [1.54, 1.807) is 0 Å². The number of aryl methyl sites for hydroxylation is 1. The van der Waals surface area contributed by atoms with Crippen molar-refractivity contribution in [1.82, 2.24) is 4.98 Å². The van der Waals surface area contributed by atoms with E-state index >= 15 is 0 Å². The Balaban J connectivity index is 3.64. The second-order valence-corrected chi connectivity index (χ2v) is 4.42. The van der Waals surface area contributed by atoms with Gasteiger partial charge in [-0.2, -0.15) is 0 Å². The smallest absolute Gasteiger partial charge is 0.133 e. The summed E-state index contributed by atoms with van der Waals surface area (Å²) in [6, 6.07) is 0. The van der Waals surface area contributed by atoms with Crippen LogP contribution in [0.5, 0.6) is 0 Å². The molecule has 0 unspecified atom stereocenters. The molecule has 2 heteroatoms. The van der Waals surface area contributed by atoms with Gasteiger partial charge in [0.25, 0.3) is 0 Å². The Labute approximate surface area is 116 Å². The van der Waals surface area contributed by atoms with Crippen molar-refractivity contribution in [3.8, 4) is 0 Å². The van der Waals surface area contributed by atoms with Crippen molar-refractivity contribution >= 4 is 17.0 Å². The van der Waals surface area contributed by atoms with E-state index in [9.17, 15) is 0 Å². The largest absolute Gasteiger partial charge is 0.373 e. The molecule has 19 heavy (non-hydrogen) atoms. The molecule has 0 saturated heterocycles. The lowest BCUT2D eigenvalue weighted by Crippen LogP contribution is -2.03. The van der Waals surface area contributed by atoms with Gasteiger partial charge in [0.2, 0.25) is 0 Å². The third kappa shape index (κ3) is 3.22. The molecule has 0 amide bonds. The molecule has 0 bridgehead atoms. The van der Waals surface area contributed by atoms with E-state index < -0.39 is 0 Å². The number of hydrogen-bond donors (Lipinski definition) is 1. The first kappa shape index (κ1) is 15.0. The number of pyridine rings is 1. The predicted octanol–water partition coefficient (Wildman–Crippen LogP) is 4.61. The molecule has 0 radical (unpaired) electrons. The van der Waals surface area contributed by atoms with Crippen molar-refractivity contribution in [1.29, 1.82) is 0 Å². The maximum atomic E-state index is 4.42. The molecule has 0 spiro atoms. The SMILES string of the molecule is C=C/C(=C\C=C/C)c1c(C)cnc(NC)c1C(=C)C. The van der Waals surface area contributed by atoms with Crippen LogP contribution in [0.3, 0.4) is 0 Å². The van der Waals surface area contributed by atoms with E-state index in [1.165, 1.54) is 0 Å². The molecule has 1 aromatic rings. The van der Waals surface area contributed by atoms with Gasteiger partial charge in [-0.25, -0.2) is 4.98 Å². The van der Waals surface area contributed by atoms with Crippen LogP contribution in [-0.4, -0.2) is 12.0 Å². The Hall–Kier alpha value is -2.09. The zero-order valence-electron chi connectivity index (χ0n) is 12.2. The first-order valence-electron chi connectivity index (χ1n) is 6.35. The molecule has 1 aromatic heterocycles. The van der Waals surface area contributed by atoms with E-state index in [-0.39, 0.29) is 0 Å². The molecule has 0 aliphatic rings. The summed E-state index contributed by atoms with van der Waals surface area (Å²) in [5, 5.41) is 3.13. The molecule has 1 N–H and O–H groups in total. The Bertz CT molecular complexity index is 549. The highest BCUT2D eigenvalue weighted by atomic mass is 15.0. The molecule has 2 nitrogen and oxygen atoms in total.